The van der Waals surface area contributed by atoms with Crippen molar-refractivity contribution in [2.24, 2.45) is 0 Å². The molecule has 0 unspecified atom stereocenters. The lowest BCUT2D eigenvalue weighted by Crippen LogP contribution is -2.28. The molecule has 0 bridgehead atoms. The van der Waals surface area contributed by atoms with Gasteiger partial charge in [0.05, 0.1) is 11.1 Å². The van der Waals surface area contributed by atoms with E-state index in [0.717, 1.165) is 28.6 Å². The van der Waals surface area contributed by atoms with E-state index >= 15 is 0 Å². The average molecular weight is 300 g/mol. The third-order valence-electron chi connectivity index (χ3n) is 3.75. The number of pyridine rings is 1. The molecule has 0 aliphatic rings. The second kappa shape index (κ2) is 7.36. The minimum Gasteiger partial charge on any atom is -0.385 e. The molecule has 0 saturated carbocycles. The Labute approximate surface area is 132 Å². The van der Waals surface area contributed by atoms with Crippen LogP contribution in [-0.4, -0.2) is 43.1 Å². The minimum atomic E-state index is 0.0385. The summed E-state index contributed by atoms with van der Waals surface area (Å²) in [5.74, 6) is 0.326. The van der Waals surface area contributed by atoms with E-state index in [0.29, 0.717) is 13.2 Å². The van der Waals surface area contributed by atoms with Crippen LogP contribution in [-0.2, 0) is 4.74 Å². The number of carbonyl (C=O) groups excluding carboxylic acids is 1. The average Bonchev–Trinajstić information content (AvgIpc) is 2.53. The Morgan fingerprint density at radius 1 is 1.32 bits per heavy atom. The largest absolute Gasteiger partial charge is 0.385 e. The van der Waals surface area contributed by atoms with Crippen LogP contribution in [0.25, 0.3) is 10.9 Å². The molecule has 0 spiro atoms. The molecule has 0 radical (unpaired) electrons. The molecule has 1 aromatic heterocycles. The van der Waals surface area contributed by atoms with E-state index in [1.807, 2.05) is 37.4 Å². The highest BCUT2D eigenvalue weighted by molar-refractivity contribution is 6.06. The van der Waals surface area contributed by atoms with Crippen LogP contribution in [0.5, 0.6) is 0 Å². The zero-order valence-electron chi connectivity index (χ0n) is 13.8. The third-order valence-corrected chi connectivity index (χ3v) is 3.75. The highest BCUT2D eigenvalue weighted by Crippen LogP contribution is 2.23. The van der Waals surface area contributed by atoms with Crippen LogP contribution in [0.2, 0.25) is 0 Å². The zero-order chi connectivity index (χ0) is 16.1. The first-order valence-corrected chi connectivity index (χ1v) is 7.68. The van der Waals surface area contributed by atoms with E-state index < -0.39 is 0 Å². The highest BCUT2D eigenvalue weighted by Gasteiger charge is 2.17. The number of amides is 1. The SMILES string of the molecule is COCCCN(C)C(=O)c1cc(C(C)C)nc2ccccc12. The maximum absolute atomic E-state index is 12.8. The number of rotatable bonds is 6. The predicted molar refractivity (Wildman–Crippen MR) is 89.3 cm³/mol. The van der Waals surface area contributed by atoms with E-state index in [9.17, 15) is 4.79 Å². The van der Waals surface area contributed by atoms with E-state index in [1.54, 1.807) is 12.0 Å². The number of hydrogen-bond donors (Lipinski definition) is 0. The number of para-hydroxylation sites is 1. The normalized spacial score (nSPS) is 11.1. The lowest BCUT2D eigenvalue weighted by atomic mass is 10.0. The highest BCUT2D eigenvalue weighted by atomic mass is 16.5. The molecule has 1 heterocycles. The second-order valence-corrected chi connectivity index (χ2v) is 5.84. The van der Waals surface area contributed by atoms with Gasteiger partial charge in [-0.3, -0.25) is 9.78 Å². The molecule has 2 aromatic rings. The maximum Gasteiger partial charge on any atom is 0.254 e. The minimum absolute atomic E-state index is 0.0385. The van der Waals surface area contributed by atoms with Crippen molar-refractivity contribution in [2.45, 2.75) is 26.2 Å². The number of fused-ring (bicyclic) bond motifs is 1. The van der Waals surface area contributed by atoms with E-state index in [2.05, 4.69) is 18.8 Å². The summed E-state index contributed by atoms with van der Waals surface area (Å²) >= 11 is 0. The van der Waals surface area contributed by atoms with Gasteiger partial charge in [-0.15, -0.1) is 0 Å². The number of aromatic nitrogens is 1. The first-order valence-electron chi connectivity index (χ1n) is 7.68. The molecule has 22 heavy (non-hydrogen) atoms. The van der Waals surface area contributed by atoms with Crippen molar-refractivity contribution in [2.75, 3.05) is 27.3 Å². The standard InChI is InChI=1S/C18H24N2O2/c1-13(2)17-12-15(14-8-5-6-9-16(14)19-17)18(21)20(3)10-7-11-22-4/h5-6,8-9,12-13H,7,10-11H2,1-4H3. The molecule has 1 aromatic carbocycles. The van der Waals surface area contributed by atoms with Gasteiger partial charge in [-0.2, -0.15) is 0 Å². The van der Waals surface area contributed by atoms with Gasteiger partial charge in [-0.25, -0.2) is 0 Å². The Kier molecular flexibility index (Phi) is 5.50. The van der Waals surface area contributed by atoms with Crippen LogP contribution in [0.3, 0.4) is 0 Å². The zero-order valence-corrected chi connectivity index (χ0v) is 13.8. The van der Waals surface area contributed by atoms with Crippen LogP contribution >= 0.6 is 0 Å². The summed E-state index contributed by atoms with van der Waals surface area (Å²) < 4.78 is 5.05. The lowest BCUT2D eigenvalue weighted by Gasteiger charge is -2.19. The van der Waals surface area contributed by atoms with E-state index in [4.69, 9.17) is 4.74 Å². The Bertz CT molecular complexity index is 653. The van der Waals surface area contributed by atoms with Gasteiger partial charge in [0.1, 0.15) is 0 Å². The fourth-order valence-electron chi connectivity index (χ4n) is 2.42. The monoisotopic (exact) mass is 300 g/mol. The van der Waals surface area contributed by atoms with Crippen LogP contribution in [0, 0.1) is 0 Å². The van der Waals surface area contributed by atoms with Gasteiger partial charge in [0.25, 0.3) is 5.91 Å². The molecule has 0 fully saturated rings. The van der Waals surface area contributed by atoms with E-state index in [1.165, 1.54) is 0 Å². The van der Waals surface area contributed by atoms with Crippen LogP contribution < -0.4 is 0 Å². The molecule has 1 amide bonds. The van der Waals surface area contributed by atoms with Gasteiger partial charge in [0.15, 0.2) is 0 Å². The molecule has 2 rings (SSSR count). The van der Waals surface area contributed by atoms with Crippen LogP contribution in [0.1, 0.15) is 42.2 Å². The van der Waals surface area contributed by atoms with Crippen LogP contribution in [0.15, 0.2) is 30.3 Å². The van der Waals surface area contributed by atoms with Gasteiger partial charge in [-0.1, -0.05) is 32.0 Å². The molecule has 0 saturated heterocycles. The molecule has 0 N–H and O–H groups in total. The molecule has 4 nitrogen and oxygen atoms in total. The number of hydrogen-bond acceptors (Lipinski definition) is 3. The van der Waals surface area contributed by atoms with Gasteiger partial charge in [0.2, 0.25) is 0 Å². The van der Waals surface area contributed by atoms with Gasteiger partial charge in [-0.05, 0) is 24.5 Å². The van der Waals surface area contributed by atoms with Crippen molar-refractivity contribution in [3.8, 4) is 0 Å². The van der Waals surface area contributed by atoms with Crippen molar-refractivity contribution >= 4 is 16.8 Å². The summed E-state index contributed by atoms with van der Waals surface area (Å²) in [7, 11) is 3.51. The van der Waals surface area contributed by atoms with E-state index in [-0.39, 0.29) is 11.8 Å². The molecule has 4 heteroatoms. The third kappa shape index (κ3) is 3.63. The molecular weight excluding hydrogens is 276 g/mol. The number of methoxy groups -OCH3 is 1. The number of ether oxygens (including phenoxy) is 1. The quantitative estimate of drug-likeness (QED) is 0.767. The summed E-state index contributed by atoms with van der Waals surface area (Å²) in [6.45, 7) is 5.52. The number of benzene rings is 1. The maximum atomic E-state index is 12.8. The Morgan fingerprint density at radius 2 is 2.05 bits per heavy atom. The van der Waals surface area contributed by atoms with Crippen LogP contribution in [0.4, 0.5) is 0 Å². The Hall–Kier alpha value is -1.94. The molecule has 0 aliphatic carbocycles. The second-order valence-electron chi connectivity index (χ2n) is 5.84. The molecule has 118 valence electrons. The summed E-state index contributed by atoms with van der Waals surface area (Å²) in [5.41, 5.74) is 2.56. The summed E-state index contributed by atoms with van der Waals surface area (Å²) in [4.78, 5) is 19.2. The van der Waals surface area contributed by atoms with Crippen molar-refractivity contribution in [1.82, 2.24) is 9.88 Å². The molecule has 0 atom stereocenters. The van der Waals surface area contributed by atoms with Gasteiger partial charge in [0, 0.05) is 38.4 Å². The molecule has 0 aliphatic heterocycles. The topological polar surface area (TPSA) is 42.4 Å². The van der Waals surface area contributed by atoms with Crippen molar-refractivity contribution in [3.63, 3.8) is 0 Å². The summed E-state index contributed by atoms with van der Waals surface area (Å²) in [5, 5.41) is 0.912. The lowest BCUT2D eigenvalue weighted by molar-refractivity contribution is 0.0781. The first-order chi connectivity index (χ1) is 10.5. The number of carbonyl (C=O) groups is 1. The van der Waals surface area contributed by atoms with Crippen molar-refractivity contribution in [1.29, 1.82) is 0 Å². The number of nitrogens with zero attached hydrogens (tertiary/aromatic N) is 2. The van der Waals surface area contributed by atoms with Gasteiger partial charge >= 0.3 is 0 Å². The Morgan fingerprint density at radius 3 is 2.73 bits per heavy atom. The fourth-order valence-corrected chi connectivity index (χ4v) is 2.42. The predicted octanol–water partition coefficient (Wildman–Crippen LogP) is 3.47. The molecular formula is C18H24N2O2. The Balaban J connectivity index is 2.38. The van der Waals surface area contributed by atoms with Crippen molar-refractivity contribution in [3.05, 3.63) is 41.6 Å². The smallest absolute Gasteiger partial charge is 0.254 e. The fraction of sp³-hybridized carbons (Fsp3) is 0.444. The summed E-state index contributed by atoms with van der Waals surface area (Å²) in [6.07, 6.45) is 0.832. The van der Waals surface area contributed by atoms with Gasteiger partial charge < -0.3 is 9.64 Å². The summed E-state index contributed by atoms with van der Waals surface area (Å²) in [6, 6.07) is 9.75. The first kappa shape index (κ1) is 16.4. The van der Waals surface area contributed by atoms with Crippen molar-refractivity contribution < 1.29 is 9.53 Å².